The lowest BCUT2D eigenvalue weighted by molar-refractivity contribution is -0.111. The molecule has 0 aliphatic carbocycles. The molecular weight excluding hydrogens is 366 g/mol. The van der Waals surface area contributed by atoms with Crippen molar-refractivity contribution in [2.24, 2.45) is 0 Å². The van der Waals surface area contributed by atoms with Crippen molar-refractivity contribution in [2.45, 2.75) is 20.8 Å². The van der Waals surface area contributed by atoms with Gasteiger partial charge in [0.25, 0.3) is 0 Å². The van der Waals surface area contributed by atoms with E-state index < -0.39 is 0 Å². The highest BCUT2D eigenvalue weighted by molar-refractivity contribution is 6.31. The van der Waals surface area contributed by atoms with Gasteiger partial charge in [-0.2, -0.15) is 0 Å². The fourth-order valence-corrected chi connectivity index (χ4v) is 2.60. The van der Waals surface area contributed by atoms with Crippen molar-refractivity contribution < 1.29 is 19.0 Å². The lowest BCUT2D eigenvalue weighted by atomic mass is 10.1. The molecule has 0 fully saturated rings. The van der Waals surface area contributed by atoms with E-state index in [1.54, 1.807) is 18.2 Å². The number of carbonyl (C=O) groups excluding carboxylic acids is 1. The van der Waals surface area contributed by atoms with Crippen molar-refractivity contribution in [1.82, 2.24) is 0 Å². The summed E-state index contributed by atoms with van der Waals surface area (Å²) in [7, 11) is 1.53. The summed E-state index contributed by atoms with van der Waals surface area (Å²) in [5.41, 5.74) is 2.25. The Hall–Kier alpha value is -2.66. The summed E-state index contributed by atoms with van der Waals surface area (Å²) in [5.74, 6) is 1.56. The third-order valence-corrected chi connectivity index (χ3v) is 4.14. The van der Waals surface area contributed by atoms with Crippen molar-refractivity contribution in [2.75, 3.05) is 25.6 Å². The Labute approximate surface area is 164 Å². The molecule has 6 heteroatoms. The predicted molar refractivity (Wildman–Crippen MR) is 109 cm³/mol. The zero-order chi connectivity index (χ0) is 19.8. The second kappa shape index (κ2) is 9.88. The van der Waals surface area contributed by atoms with Gasteiger partial charge in [0.2, 0.25) is 5.91 Å². The Kier molecular flexibility index (Phi) is 7.55. The van der Waals surface area contributed by atoms with Gasteiger partial charge in [-0.25, -0.2) is 0 Å². The normalized spacial score (nSPS) is 10.7. The van der Waals surface area contributed by atoms with Crippen molar-refractivity contribution in [3.8, 4) is 17.2 Å². The molecule has 0 atom stereocenters. The average Bonchev–Trinajstić information content (AvgIpc) is 2.65. The van der Waals surface area contributed by atoms with E-state index in [0.717, 1.165) is 11.1 Å². The lowest BCUT2D eigenvalue weighted by Crippen LogP contribution is -2.09. The van der Waals surface area contributed by atoms with Gasteiger partial charge in [-0.15, -0.1) is 0 Å². The van der Waals surface area contributed by atoms with Crippen LogP contribution in [0.4, 0.5) is 5.69 Å². The first-order valence-electron chi connectivity index (χ1n) is 8.71. The molecule has 2 aromatic rings. The molecule has 1 N–H and O–H groups in total. The van der Waals surface area contributed by atoms with E-state index in [9.17, 15) is 4.79 Å². The van der Waals surface area contributed by atoms with E-state index in [1.165, 1.54) is 13.2 Å². The molecule has 0 aliphatic rings. The first-order valence-corrected chi connectivity index (χ1v) is 9.09. The van der Waals surface area contributed by atoms with Crippen LogP contribution in [0, 0.1) is 6.92 Å². The lowest BCUT2D eigenvalue weighted by Gasteiger charge is -2.12. The number of ether oxygens (including phenoxy) is 3. The van der Waals surface area contributed by atoms with E-state index >= 15 is 0 Å². The molecule has 144 valence electrons. The number of hydrogen-bond donors (Lipinski definition) is 1. The Balaban J connectivity index is 2.15. The number of anilines is 1. The fourth-order valence-electron chi connectivity index (χ4n) is 2.45. The Morgan fingerprint density at radius 3 is 2.44 bits per heavy atom. The fraction of sp³-hybridized carbons (Fsp3) is 0.286. The third kappa shape index (κ3) is 5.66. The first-order chi connectivity index (χ1) is 13.0. The molecule has 0 bridgehead atoms. The Morgan fingerprint density at radius 1 is 1.07 bits per heavy atom. The van der Waals surface area contributed by atoms with Gasteiger partial charge in [-0.05, 0) is 56.2 Å². The molecule has 0 radical (unpaired) electrons. The molecule has 0 unspecified atom stereocenters. The van der Waals surface area contributed by atoms with Gasteiger partial charge in [0.1, 0.15) is 5.75 Å². The number of halogens is 1. The summed E-state index contributed by atoms with van der Waals surface area (Å²) < 4.78 is 16.4. The number of methoxy groups -OCH3 is 1. The van der Waals surface area contributed by atoms with Crippen LogP contribution in [0.3, 0.4) is 0 Å². The molecule has 5 nitrogen and oxygen atoms in total. The summed E-state index contributed by atoms with van der Waals surface area (Å²) in [6.07, 6.45) is 3.16. The van der Waals surface area contributed by atoms with Crippen LogP contribution in [0.25, 0.3) is 6.08 Å². The highest BCUT2D eigenvalue weighted by Crippen LogP contribution is 2.31. The first kappa shape index (κ1) is 20.6. The van der Waals surface area contributed by atoms with Crippen molar-refractivity contribution in [1.29, 1.82) is 0 Å². The van der Waals surface area contributed by atoms with E-state index in [2.05, 4.69) is 5.32 Å². The summed E-state index contributed by atoms with van der Waals surface area (Å²) in [4.78, 5) is 12.3. The Bertz CT molecular complexity index is 833. The van der Waals surface area contributed by atoms with Crippen molar-refractivity contribution >= 4 is 29.3 Å². The second-order valence-electron chi connectivity index (χ2n) is 5.70. The minimum Gasteiger partial charge on any atom is -0.495 e. The third-order valence-electron chi connectivity index (χ3n) is 3.73. The van der Waals surface area contributed by atoms with Crippen LogP contribution in [-0.2, 0) is 4.79 Å². The number of rotatable bonds is 8. The molecule has 2 rings (SSSR count). The minimum atomic E-state index is -0.276. The number of amides is 1. The minimum absolute atomic E-state index is 0.276. The van der Waals surface area contributed by atoms with E-state index in [4.69, 9.17) is 25.8 Å². The van der Waals surface area contributed by atoms with Gasteiger partial charge < -0.3 is 19.5 Å². The molecule has 0 aromatic heterocycles. The average molecular weight is 390 g/mol. The van der Waals surface area contributed by atoms with E-state index in [1.807, 2.05) is 39.0 Å². The summed E-state index contributed by atoms with van der Waals surface area (Å²) in [6, 6.07) is 8.99. The maximum Gasteiger partial charge on any atom is 0.248 e. The zero-order valence-electron chi connectivity index (χ0n) is 16.0. The number of benzene rings is 2. The number of carbonyl (C=O) groups is 1. The number of nitrogens with one attached hydrogen (secondary N) is 1. The maximum atomic E-state index is 12.3. The smallest absolute Gasteiger partial charge is 0.248 e. The molecule has 2 aromatic carbocycles. The second-order valence-corrected chi connectivity index (χ2v) is 6.10. The molecule has 1 amide bonds. The van der Waals surface area contributed by atoms with E-state index in [0.29, 0.717) is 41.2 Å². The largest absolute Gasteiger partial charge is 0.495 e. The summed E-state index contributed by atoms with van der Waals surface area (Å²) in [6.45, 7) is 6.78. The number of aryl methyl sites for hydroxylation is 1. The van der Waals surface area contributed by atoms with Crippen molar-refractivity contribution in [3.63, 3.8) is 0 Å². The van der Waals surface area contributed by atoms with Gasteiger partial charge in [0, 0.05) is 17.2 Å². The van der Waals surface area contributed by atoms with Gasteiger partial charge in [-0.1, -0.05) is 17.7 Å². The van der Waals surface area contributed by atoms with Gasteiger partial charge in [0.05, 0.1) is 26.0 Å². The molecule has 0 aliphatic heterocycles. The highest BCUT2D eigenvalue weighted by atomic mass is 35.5. The molecule has 0 heterocycles. The van der Waals surface area contributed by atoms with E-state index in [-0.39, 0.29) is 5.91 Å². The number of hydrogen-bond acceptors (Lipinski definition) is 4. The molecule has 0 saturated carbocycles. The summed E-state index contributed by atoms with van der Waals surface area (Å²) >= 11 is 6.09. The highest BCUT2D eigenvalue weighted by Gasteiger charge is 2.09. The monoisotopic (exact) mass is 389 g/mol. The van der Waals surface area contributed by atoms with Gasteiger partial charge in [0.15, 0.2) is 11.5 Å². The van der Waals surface area contributed by atoms with Crippen LogP contribution < -0.4 is 19.5 Å². The molecule has 0 saturated heterocycles. The quantitative estimate of drug-likeness (QED) is 0.637. The van der Waals surface area contributed by atoms with Crippen LogP contribution in [0.1, 0.15) is 25.0 Å². The van der Waals surface area contributed by atoms with Gasteiger partial charge in [-0.3, -0.25) is 4.79 Å². The molecule has 0 spiro atoms. The predicted octanol–water partition coefficient (Wildman–Crippen LogP) is 5.11. The molecular formula is C21H24ClNO4. The maximum absolute atomic E-state index is 12.3. The van der Waals surface area contributed by atoms with Crippen LogP contribution in [0.2, 0.25) is 5.02 Å². The standard InChI is InChI=1S/C21H24ClNO4/c1-5-26-18-9-7-15(12-20(18)27-6-2)8-10-21(24)23-17-11-14(3)16(22)13-19(17)25-4/h7-13H,5-6H2,1-4H3,(H,23,24). The topological polar surface area (TPSA) is 56.8 Å². The van der Waals surface area contributed by atoms with Crippen LogP contribution in [0.5, 0.6) is 17.2 Å². The van der Waals surface area contributed by atoms with Crippen LogP contribution >= 0.6 is 11.6 Å². The van der Waals surface area contributed by atoms with Crippen LogP contribution in [0.15, 0.2) is 36.4 Å². The van der Waals surface area contributed by atoms with Crippen molar-refractivity contribution in [3.05, 3.63) is 52.6 Å². The van der Waals surface area contributed by atoms with Gasteiger partial charge >= 0.3 is 0 Å². The summed E-state index contributed by atoms with van der Waals surface area (Å²) in [5, 5.41) is 3.39. The zero-order valence-corrected chi connectivity index (χ0v) is 16.7. The Morgan fingerprint density at radius 2 is 1.78 bits per heavy atom. The van der Waals surface area contributed by atoms with Crippen LogP contribution in [-0.4, -0.2) is 26.2 Å². The molecule has 27 heavy (non-hydrogen) atoms. The SMILES string of the molecule is CCOc1ccc(C=CC(=O)Nc2cc(C)c(Cl)cc2OC)cc1OCC.